The zero-order valence-corrected chi connectivity index (χ0v) is 13.5. The number of carbonyl (C=O) groups is 1. The number of carbonyl (C=O) groups excluding carboxylic acids is 1. The lowest BCUT2D eigenvalue weighted by Crippen LogP contribution is -2.31. The molecule has 1 saturated carbocycles. The van der Waals surface area contributed by atoms with Gasteiger partial charge in [-0.25, -0.2) is 0 Å². The number of nitrogens with zero attached hydrogens (tertiary/aromatic N) is 1. The number of aromatic nitrogens is 1. The molecule has 0 radical (unpaired) electrons. The van der Waals surface area contributed by atoms with Gasteiger partial charge in [0.25, 0.3) is 0 Å². The van der Waals surface area contributed by atoms with Crippen molar-refractivity contribution in [2.75, 3.05) is 18.4 Å². The number of piperidine rings is 1. The second-order valence-corrected chi connectivity index (χ2v) is 6.67. The molecule has 1 unspecified atom stereocenters. The minimum atomic E-state index is 0.137. The standard InChI is InChI=1S/C19H21N3O2/c23-18(17-13-19(17)6-10-21-11-7-19)22-14-2-1-3-16(12-14)24-15-4-8-20-9-5-15/h1-5,8-9,12,17,21H,6-7,10-11,13H2,(H,22,23). The molecule has 5 heteroatoms. The van der Waals surface area contributed by atoms with E-state index in [1.54, 1.807) is 24.5 Å². The number of amides is 1. The first-order valence-corrected chi connectivity index (χ1v) is 8.45. The highest BCUT2D eigenvalue weighted by Crippen LogP contribution is 2.58. The first-order chi connectivity index (χ1) is 11.8. The van der Waals surface area contributed by atoms with Gasteiger partial charge < -0.3 is 15.4 Å². The summed E-state index contributed by atoms with van der Waals surface area (Å²) in [5.41, 5.74) is 1.03. The summed E-state index contributed by atoms with van der Waals surface area (Å²) in [5, 5.41) is 6.42. The fourth-order valence-electron chi connectivity index (χ4n) is 3.60. The van der Waals surface area contributed by atoms with E-state index in [-0.39, 0.29) is 17.2 Å². The van der Waals surface area contributed by atoms with Crippen LogP contribution in [0.15, 0.2) is 48.8 Å². The molecule has 0 bridgehead atoms. The molecule has 24 heavy (non-hydrogen) atoms. The average Bonchev–Trinajstić information content (AvgIpc) is 3.30. The van der Waals surface area contributed by atoms with Gasteiger partial charge in [0.1, 0.15) is 11.5 Å². The minimum Gasteiger partial charge on any atom is -0.457 e. The van der Waals surface area contributed by atoms with Gasteiger partial charge in [-0.1, -0.05) is 6.07 Å². The quantitative estimate of drug-likeness (QED) is 0.907. The Labute approximate surface area is 141 Å². The molecule has 5 nitrogen and oxygen atoms in total. The third kappa shape index (κ3) is 3.12. The van der Waals surface area contributed by atoms with Crippen molar-refractivity contribution in [3.05, 3.63) is 48.8 Å². The number of nitrogens with one attached hydrogen (secondary N) is 2. The minimum absolute atomic E-state index is 0.137. The normalized spacial score (nSPS) is 21.2. The van der Waals surface area contributed by atoms with E-state index in [0.717, 1.165) is 43.8 Å². The zero-order chi connectivity index (χ0) is 16.4. The van der Waals surface area contributed by atoms with Gasteiger partial charge in [0, 0.05) is 30.1 Å². The molecule has 1 atom stereocenters. The lowest BCUT2D eigenvalue weighted by molar-refractivity contribution is -0.118. The fourth-order valence-corrected chi connectivity index (χ4v) is 3.60. The molecule has 1 aromatic heterocycles. The van der Waals surface area contributed by atoms with Crippen molar-refractivity contribution < 1.29 is 9.53 Å². The number of benzene rings is 1. The van der Waals surface area contributed by atoms with Crippen molar-refractivity contribution >= 4 is 11.6 Å². The van der Waals surface area contributed by atoms with E-state index < -0.39 is 0 Å². The van der Waals surface area contributed by atoms with Crippen LogP contribution in [0, 0.1) is 11.3 Å². The Hall–Kier alpha value is -2.40. The smallest absolute Gasteiger partial charge is 0.228 e. The summed E-state index contributed by atoms with van der Waals surface area (Å²) in [6.07, 6.45) is 6.61. The van der Waals surface area contributed by atoms with Crippen molar-refractivity contribution in [1.29, 1.82) is 0 Å². The van der Waals surface area contributed by atoms with E-state index in [9.17, 15) is 4.79 Å². The highest BCUT2D eigenvalue weighted by Gasteiger charge is 2.57. The van der Waals surface area contributed by atoms with Gasteiger partial charge in [-0.3, -0.25) is 9.78 Å². The maximum absolute atomic E-state index is 12.5. The second-order valence-electron chi connectivity index (χ2n) is 6.67. The van der Waals surface area contributed by atoms with E-state index >= 15 is 0 Å². The maximum atomic E-state index is 12.5. The van der Waals surface area contributed by atoms with Gasteiger partial charge >= 0.3 is 0 Å². The van der Waals surface area contributed by atoms with E-state index in [1.165, 1.54) is 0 Å². The molecule has 1 aromatic carbocycles. The number of ether oxygens (including phenoxy) is 1. The Morgan fingerprint density at radius 3 is 2.75 bits per heavy atom. The number of hydrogen-bond acceptors (Lipinski definition) is 4. The third-order valence-electron chi connectivity index (χ3n) is 5.09. The van der Waals surface area contributed by atoms with Crippen LogP contribution in [0.1, 0.15) is 19.3 Å². The highest BCUT2D eigenvalue weighted by atomic mass is 16.5. The van der Waals surface area contributed by atoms with E-state index in [1.807, 2.05) is 24.3 Å². The molecular weight excluding hydrogens is 302 g/mol. The van der Waals surface area contributed by atoms with Gasteiger partial charge in [-0.15, -0.1) is 0 Å². The van der Waals surface area contributed by atoms with Crippen LogP contribution in [0.4, 0.5) is 5.69 Å². The second kappa shape index (κ2) is 6.24. The Morgan fingerprint density at radius 1 is 1.17 bits per heavy atom. The van der Waals surface area contributed by atoms with Crippen LogP contribution in [0.2, 0.25) is 0 Å². The monoisotopic (exact) mass is 323 g/mol. The predicted molar refractivity (Wildman–Crippen MR) is 92.0 cm³/mol. The Bertz CT molecular complexity index is 726. The molecule has 124 valence electrons. The first-order valence-electron chi connectivity index (χ1n) is 8.45. The summed E-state index contributed by atoms with van der Waals surface area (Å²) in [6, 6.07) is 11.1. The topological polar surface area (TPSA) is 63.2 Å². The van der Waals surface area contributed by atoms with Crippen LogP contribution in [-0.2, 0) is 4.79 Å². The Balaban J connectivity index is 1.40. The Morgan fingerprint density at radius 2 is 1.96 bits per heavy atom. The summed E-state index contributed by atoms with van der Waals surface area (Å²) in [6.45, 7) is 2.05. The number of rotatable bonds is 4. The zero-order valence-electron chi connectivity index (χ0n) is 13.5. The molecule has 2 aliphatic rings. The van der Waals surface area contributed by atoms with E-state index in [4.69, 9.17) is 4.74 Å². The first kappa shape index (κ1) is 15.1. The molecule has 2 heterocycles. The molecule has 4 rings (SSSR count). The molecule has 1 aliphatic heterocycles. The number of pyridine rings is 1. The van der Waals surface area contributed by atoms with Crippen LogP contribution in [-0.4, -0.2) is 24.0 Å². The van der Waals surface area contributed by atoms with Crippen LogP contribution in [0.5, 0.6) is 11.5 Å². The molecule has 1 aliphatic carbocycles. The van der Waals surface area contributed by atoms with Gasteiger partial charge in [-0.05, 0) is 62.0 Å². The lowest BCUT2D eigenvalue weighted by atomic mass is 9.92. The van der Waals surface area contributed by atoms with Crippen molar-refractivity contribution in [2.45, 2.75) is 19.3 Å². The summed E-state index contributed by atoms with van der Waals surface area (Å²) in [7, 11) is 0. The molecule has 1 amide bonds. The van der Waals surface area contributed by atoms with Crippen molar-refractivity contribution in [3.8, 4) is 11.5 Å². The molecule has 2 fully saturated rings. The third-order valence-corrected chi connectivity index (χ3v) is 5.09. The van der Waals surface area contributed by atoms with Gasteiger partial charge in [-0.2, -0.15) is 0 Å². The highest BCUT2D eigenvalue weighted by molar-refractivity contribution is 5.95. The molecule has 2 aromatic rings. The van der Waals surface area contributed by atoms with Gasteiger partial charge in [0.2, 0.25) is 5.91 Å². The summed E-state index contributed by atoms with van der Waals surface area (Å²) >= 11 is 0. The fraction of sp³-hybridized carbons (Fsp3) is 0.368. The van der Waals surface area contributed by atoms with Crippen LogP contribution >= 0.6 is 0 Å². The predicted octanol–water partition coefficient (Wildman–Crippen LogP) is 3.20. The molecule has 1 saturated heterocycles. The Kier molecular flexibility index (Phi) is 3.94. The summed E-state index contributed by atoms with van der Waals surface area (Å²) in [5.74, 6) is 1.72. The lowest BCUT2D eigenvalue weighted by Gasteiger charge is -2.23. The summed E-state index contributed by atoms with van der Waals surface area (Å²) < 4.78 is 5.79. The van der Waals surface area contributed by atoms with Gasteiger partial charge in [0.15, 0.2) is 0 Å². The molecule has 2 N–H and O–H groups in total. The van der Waals surface area contributed by atoms with E-state index in [0.29, 0.717) is 5.75 Å². The van der Waals surface area contributed by atoms with Gasteiger partial charge in [0.05, 0.1) is 0 Å². The molecular formula is C19H21N3O2. The van der Waals surface area contributed by atoms with Crippen LogP contribution in [0.25, 0.3) is 0 Å². The van der Waals surface area contributed by atoms with Crippen LogP contribution < -0.4 is 15.4 Å². The number of anilines is 1. The van der Waals surface area contributed by atoms with Crippen molar-refractivity contribution in [3.63, 3.8) is 0 Å². The van der Waals surface area contributed by atoms with Crippen molar-refractivity contribution in [2.24, 2.45) is 11.3 Å². The van der Waals surface area contributed by atoms with E-state index in [2.05, 4.69) is 15.6 Å². The molecule has 1 spiro atoms. The SMILES string of the molecule is O=C(Nc1cccc(Oc2ccncc2)c1)C1CC12CCNCC2. The van der Waals surface area contributed by atoms with Crippen molar-refractivity contribution in [1.82, 2.24) is 10.3 Å². The van der Waals surface area contributed by atoms with Crippen LogP contribution in [0.3, 0.4) is 0 Å². The average molecular weight is 323 g/mol. The largest absolute Gasteiger partial charge is 0.457 e. The summed E-state index contributed by atoms with van der Waals surface area (Å²) in [4.78, 5) is 16.5. The maximum Gasteiger partial charge on any atom is 0.228 e. The number of hydrogen-bond donors (Lipinski definition) is 2.